The lowest BCUT2D eigenvalue weighted by atomic mass is 9.99. The molecule has 1 amide bonds. The van der Waals surface area contributed by atoms with Gasteiger partial charge in [-0.25, -0.2) is 0 Å². The van der Waals surface area contributed by atoms with Gasteiger partial charge < -0.3 is 40.3 Å². The fraction of sp³-hybridized carbons (Fsp3) is 0.776. The molecule has 9 nitrogen and oxygen atoms in total. The van der Waals surface area contributed by atoms with Crippen LogP contribution >= 0.6 is 0 Å². The monoisotopic (exact) mass is 1070 g/mol. The number of nitrogens with one attached hydrogen (secondary N) is 1. The van der Waals surface area contributed by atoms with E-state index in [9.17, 15) is 30.3 Å². The summed E-state index contributed by atoms with van der Waals surface area (Å²) in [5.74, 6) is -0.206. The second-order valence-corrected chi connectivity index (χ2v) is 21.8. The molecule has 0 aromatic rings. The Bertz CT molecular complexity index is 1470. The molecule has 0 aromatic carbocycles. The summed E-state index contributed by atoms with van der Waals surface area (Å²) in [5.41, 5.74) is 0. The van der Waals surface area contributed by atoms with Crippen LogP contribution in [0.2, 0.25) is 0 Å². The second-order valence-electron chi connectivity index (χ2n) is 21.8. The van der Waals surface area contributed by atoms with Gasteiger partial charge in [0.1, 0.15) is 24.4 Å². The normalized spacial score (nSPS) is 19.4. The van der Waals surface area contributed by atoms with E-state index < -0.39 is 49.5 Å². The van der Waals surface area contributed by atoms with Crippen LogP contribution in [0.1, 0.15) is 277 Å². The van der Waals surface area contributed by atoms with Crippen molar-refractivity contribution in [2.75, 3.05) is 13.2 Å². The molecule has 0 saturated carbocycles. The van der Waals surface area contributed by atoms with E-state index >= 15 is 0 Å². The van der Waals surface area contributed by atoms with Crippen molar-refractivity contribution in [2.24, 2.45) is 0 Å². The van der Waals surface area contributed by atoms with E-state index in [1.807, 2.05) is 6.08 Å². The van der Waals surface area contributed by atoms with E-state index in [0.717, 1.165) is 89.9 Å². The number of allylic oxidation sites excluding steroid dienone is 13. The van der Waals surface area contributed by atoms with Gasteiger partial charge in [-0.3, -0.25) is 4.79 Å². The number of aliphatic hydroxyl groups is 5. The molecule has 7 unspecified atom stereocenters. The molecule has 1 rings (SSSR count). The topological polar surface area (TPSA) is 149 Å². The summed E-state index contributed by atoms with van der Waals surface area (Å²) in [6.07, 6.45) is 72.5. The quantitative estimate of drug-likeness (QED) is 0.0261. The minimum absolute atomic E-state index is 0.206. The number of hydrogen-bond acceptors (Lipinski definition) is 8. The van der Waals surface area contributed by atoms with E-state index in [-0.39, 0.29) is 12.5 Å². The highest BCUT2D eigenvalue weighted by atomic mass is 16.7. The third-order valence-electron chi connectivity index (χ3n) is 14.7. The van der Waals surface area contributed by atoms with Gasteiger partial charge in [-0.05, 0) is 77.0 Å². The third-order valence-corrected chi connectivity index (χ3v) is 14.7. The van der Waals surface area contributed by atoms with Gasteiger partial charge in [0.2, 0.25) is 5.91 Å². The number of carbonyl (C=O) groups excluding carboxylic acids is 1. The van der Waals surface area contributed by atoms with Gasteiger partial charge in [-0.15, -0.1) is 0 Å². The molecule has 0 aromatic heterocycles. The molecular formula is C67H119NO8. The number of aliphatic hydroxyl groups excluding tert-OH is 5. The van der Waals surface area contributed by atoms with Crippen LogP contribution in [-0.4, -0.2) is 87.5 Å². The van der Waals surface area contributed by atoms with Crippen molar-refractivity contribution in [2.45, 2.75) is 320 Å². The van der Waals surface area contributed by atoms with Crippen molar-refractivity contribution < 1.29 is 39.8 Å². The average Bonchev–Trinajstić information content (AvgIpc) is 3.42. The Morgan fingerprint density at radius 3 is 1.26 bits per heavy atom. The maximum Gasteiger partial charge on any atom is 0.220 e. The van der Waals surface area contributed by atoms with Crippen LogP contribution in [0.5, 0.6) is 0 Å². The van der Waals surface area contributed by atoms with Crippen LogP contribution in [-0.2, 0) is 14.3 Å². The minimum atomic E-state index is -1.58. The molecule has 1 aliphatic rings. The third kappa shape index (κ3) is 44.2. The Labute approximate surface area is 467 Å². The second kappa shape index (κ2) is 55.7. The molecule has 1 aliphatic heterocycles. The van der Waals surface area contributed by atoms with E-state index in [0.29, 0.717) is 6.42 Å². The van der Waals surface area contributed by atoms with Crippen molar-refractivity contribution in [3.05, 3.63) is 85.1 Å². The molecule has 1 fully saturated rings. The van der Waals surface area contributed by atoms with Crippen molar-refractivity contribution >= 4 is 5.91 Å². The molecule has 1 heterocycles. The van der Waals surface area contributed by atoms with Crippen LogP contribution in [0.3, 0.4) is 0 Å². The lowest BCUT2D eigenvalue weighted by Gasteiger charge is -2.40. The Kier molecular flexibility index (Phi) is 52.3. The molecule has 440 valence electrons. The molecule has 0 radical (unpaired) electrons. The molecule has 0 spiro atoms. The smallest absolute Gasteiger partial charge is 0.220 e. The zero-order chi connectivity index (χ0) is 55.0. The Hall–Kier alpha value is -2.63. The molecule has 76 heavy (non-hydrogen) atoms. The van der Waals surface area contributed by atoms with Crippen molar-refractivity contribution in [1.29, 1.82) is 0 Å². The minimum Gasteiger partial charge on any atom is -0.394 e. The summed E-state index contributed by atoms with van der Waals surface area (Å²) in [6, 6.07) is -0.839. The molecule has 9 heteroatoms. The van der Waals surface area contributed by atoms with Gasteiger partial charge in [0.05, 0.1) is 25.4 Å². The Balaban J connectivity index is 2.20. The van der Waals surface area contributed by atoms with Crippen LogP contribution in [0, 0.1) is 0 Å². The predicted molar refractivity (Wildman–Crippen MR) is 322 cm³/mol. The van der Waals surface area contributed by atoms with Crippen LogP contribution in [0.25, 0.3) is 0 Å². The predicted octanol–water partition coefficient (Wildman–Crippen LogP) is 16.6. The highest BCUT2D eigenvalue weighted by Crippen LogP contribution is 2.23. The summed E-state index contributed by atoms with van der Waals surface area (Å²) >= 11 is 0. The molecule has 7 atom stereocenters. The fourth-order valence-electron chi connectivity index (χ4n) is 9.73. The fourth-order valence-corrected chi connectivity index (χ4v) is 9.73. The summed E-state index contributed by atoms with van der Waals surface area (Å²) in [7, 11) is 0. The van der Waals surface area contributed by atoms with E-state index in [2.05, 4.69) is 92.1 Å². The van der Waals surface area contributed by atoms with Gasteiger partial charge in [0.25, 0.3) is 0 Å². The first-order chi connectivity index (χ1) is 37.3. The lowest BCUT2D eigenvalue weighted by molar-refractivity contribution is -0.302. The van der Waals surface area contributed by atoms with Gasteiger partial charge in [0, 0.05) is 6.42 Å². The van der Waals surface area contributed by atoms with Gasteiger partial charge in [-0.1, -0.05) is 279 Å². The number of unbranched alkanes of at least 4 members (excludes halogenated alkanes) is 32. The van der Waals surface area contributed by atoms with E-state index in [1.54, 1.807) is 6.08 Å². The zero-order valence-corrected chi connectivity index (χ0v) is 49.0. The first-order valence-corrected chi connectivity index (χ1v) is 31.8. The van der Waals surface area contributed by atoms with Gasteiger partial charge in [0.15, 0.2) is 6.29 Å². The number of hydrogen-bond donors (Lipinski definition) is 6. The number of ether oxygens (including phenoxy) is 2. The molecule has 0 bridgehead atoms. The number of amides is 1. The first-order valence-electron chi connectivity index (χ1n) is 31.8. The molecular weight excluding hydrogens is 947 g/mol. The van der Waals surface area contributed by atoms with Gasteiger partial charge in [-0.2, -0.15) is 0 Å². The highest BCUT2D eigenvalue weighted by molar-refractivity contribution is 5.76. The number of rotatable bonds is 54. The maximum atomic E-state index is 13.1. The Morgan fingerprint density at radius 2 is 0.829 bits per heavy atom. The summed E-state index contributed by atoms with van der Waals surface area (Å²) in [5, 5.41) is 54.6. The Morgan fingerprint density at radius 1 is 0.461 bits per heavy atom. The van der Waals surface area contributed by atoms with E-state index in [4.69, 9.17) is 9.47 Å². The van der Waals surface area contributed by atoms with Crippen LogP contribution < -0.4 is 5.32 Å². The molecule has 6 N–H and O–H groups in total. The molecule has 0 aliphatic carbocycles. The highest BCUT2D eigenvalue weighted by Gasteiger charge is 2.44. The summed E-state index contributed by atoms with van der Waals surface area (Å²) in [4.78, 5) is 13.1. The van der Waals surface area contributed by atoms with Crippen LogP contribution in [0.15, 0.2) is 85.1 Å². The van der Waals surface area contributed by atoms with Crippen LogP contribution in [0.4, 0.5) is 0 Å². The SMILES string of the molecule is CC/C=C\C/C=C\C/C=C\C/C=C\C/C=C\CCCCCCCC(=O)NC(COC1OC(CO)C(O)C(O)C1O)C(O)/C=C/CC/C=C/CCCCCCCCCCCCCCCCCCCCCCCCCCCC. The summed E-state index contributed by atoms with van der Waals surface area (Å²) < 4.78 is 11.3. The zero-order valence-electron chi connectivity index (χ0n) is 49.0. The van der Waals surface area contributed by atoms with Crippen molar-refractivity contribution in [3.63, 3.8) is 0 Å². The summed E-state index contributed by atoms with van der Waals surface area (Å²) in [6.45, 7) is 3.66. The first kappa shape index (κ1) is 71.4. The van der Waals surface area contributed by atoms with Crippen molar-refractivity contribution in [3.8, 4) is 0 Å². The van der Waals surface area contributed by atoms with E-state index in [1.165, 1.54) is 167 Å². The maximum absolute atomic E-state index is 13.1. The van der Waals surface area contributed by atoms with Crippen molar-refractivity contribution in [1.82, 2.24) is 5.32 Å². The van der Waals surface area contributed by atoms with Gasteiger partial charge >= 0.3 is 0 Å². The lowest BCUT2D eigenvalue weighted by Crippen LogP contribution is -2.60. The standard InChI is InChI=1S/C67H119NO8/c1-3-5-7-9-11-13-15-17-19-21-23-25-26-27-28-29-30-31-32-33-34-35-37-38-40-42-44-46-48-50-52-54-56-61(70)60(59-75-67-66(74)65(73)64(72)62(58-69)76-67)68-63(71)57-55-53-51-49-47-45-43-41-39-36-24-22-20-18-16-14-12-10-8-6-4-2/h6,8,12,14,18,20,24,36,41,43,46,48,54,56,60-62,64-67,69-70,72-74H,3-5,7,9-11,13,15-17,19,21-23,25-35,37-40,42,44-45,47,49-53,55,57-59H2,1-2H3,(H,68,71)/b8-6-,14-12-,20-18-,36-24-,43-41-,48-46+,56-54+. The molecule has 1 saturated heterocycles. The number of carbonyl (C=O) groups is 1. The largest absolute Gasteiger partial charge is 0.394 e. The average molecular weight is 1070 g/mol.